The molecule has 0 amide bonds. The van der Waals surface area contributed by atoms with Crippen molar-refractivity contribution < 1.29 is 5.11 Å². The lowest BCUT2D eigenvalue weighted by Crippen LogP contribution is -2.28. The zero-order valence-corrected chi connectivity index (χ0v) is 14.3. The van der Waals surface area contributed by atoms with Crippen molar-refractivity contribution in [2.75, 3.05) is 18.5 Å². The molecule has 3 nitrogen and oxygen atoms in total. The minimum atomic E-state index is 0.124. The van der Waals surface area contributed by atoms with Gasteiger partial charge in [0.15, 0.2) is 5.13 Å². The van der Waals surface area contributed by atoms with Crippen LogP contribution in [0.3, 0.4) is 0 Å². The summed E-state index contributed by atoms with van der Waals surface area (Å²) in [6.45, 7) is 5.65. The van der Waals surface area contributed by atoms with Crippen LogP contribution in [0.2, 0.25) is 0 Å². The summed E-state index contributed by atoms with van der Waals surface area (Å²) in [6.07, 6.45) is 6.88. The Balaban J connectivity index is 1.69. The highest BCUT2D eigenvalue weighted by atomic mass is 32.1. The van der Waals surface area contributed by atoms with Gasteiger partial charge in [-0.1, -0.05) is 31.6 Å². The molecule has 2 aliphatic rings. The monoisotopic (exact) mass is 308 g/mol. The predicted molar refractivity (Wildman–Crippen MR) is 89.0 cm³/mol. The Bertz CT molecular complexity index is 487. The highest BCUT2D eigenvalue weighted by Crippen LogP contribution is 2.48. The molecule has 21 heavy (non-hydrogen) atoms. The van der Waals surface area contributed by atoms with E-state index >= 15 is 0 Å². The van der Waals surface area contributed by atoms with Gasteiger partial charge in [0, 0.05) is 13.6 Å². The Morgan fingerprint density at radius 1 is 1.38 bits per heavy atom. The standard InChI is InChI=1S/C17H28N2OS/c1-4-11(2)16-15(10-20)21-17(18-16)19(3)9-14-8-12-5-6-13(14)7-12/h11-14,20H,4-10H2,1-3H3. The van der Waals surface area contributed by atoms with Crippen LogP contribution in [0.1, 0.15) is 62.4 Å². The molecule has 0 radical (unpaired) electrons. The van der Waals surface area contributed by atoms with E-state index in [1.165, 1.54) is 25.7 Å². The number of anilines is 1. The van der Waals surface area contributed by atoms with Gasteiger partial charge in [-0.05, 0) is 49.4 Å². The summed E-state index contributed by atoms with van der Waals surface area (Å²) in [5.41, 5.74) is 1.11. The third kappa shape index (κ3) is 2.98. The summed E-state index contributed by atoms with van der Waals surface area (Å²) >= 11 is 1.68. The van der Waals surface area contributed by atoms with Crippen molar-refractivity contribution in [2.45, 2.75) is 58.5 Å². The molecule has 0 spiro atoms. The number of rotatable bonds is 6. The van der Waals surface area contributed by atoms with E-state index < -0.39 is 0 Å². The molecule has 2 fully saturated rings. The minimum absolute atomic E-state index is 0.124. The quantitative estimate of drug-likeness (QED) is 0.862. The Morgan fingerprint density at radius 3 is 2.76 bits per heavy atom. The maximum absolute atomic E-state index is 9.58. The Labute approximate surface area is 132 Å². The third-order valence-corrected chi connectivity index (χ3v) is 6.83. The first-order chi connectivity index (χ1) is 10.1. The van der Waals surface area contributed by atoms with Crippen molar-refractivity contribution >= 4 is 16.5 Å². The lowest BCUT2D eigenvalue weighted by atomic mass is 9.88. The second-order valence-electron chi connectivity index (χ2n) is 7.09. The Morgan fingerprint density at radius 2 is 2.19 bits per heavy atom. The van der Waals surface area contributed by atoms with Gasteiger partial charge in [-0.25, -0.2) is 4.98 Å². The van der Waals surface area contributed by atoms with E-state index in [9.17, 15) is 5.11 Å². The number of nitrogens with zero attached hydrogens (tertiary/aromatic N) is 2. The second kappa shape index (κ2) is 6.25. The Kier molecular flexibility index (Phi) is 4.55. The molecule has 0 aromatic carbocycles. The number of aliphatic hydroxyl groups excluding tert-OH is 1. The number of hydrogen-bond donors (Lipinski definition) is 1. The first kappa shape index (κ1) is 15.3. The van der Waals surface area contributed by atoms with Crippen LogP contribution in [0.4, 0.5) is 5.13 Å². The van der Waals surface area contributed by atoms with Crippen molar-refractivity contribution in [2.24, 2.45) is 17.8 Å². The van der Waals surface area contributed by atoms with Crippen LogP contribution in [0.15, 0.2) is 0 Å². The van der Waals surface area contributed by atoms with Crippen molar-refractivity contribution in [1.82, 2.24) is 4.98 Å². The van der Waals surface area contributed by atoms with Gasteiger partial charge < -0.3 is 10.0 Å². The number of thiazole rings is 1. The summed E-state index contributed by atoms with van der Waals surface area (Å²) in [4.78, 5) is 8.23. The van der Waals surface area contributed by atoms with Crippen LogP contribution in [-0.4, -0.2) is 23.7 Å². The van der Waals surface area contributed by atoms with Crippen molar-refractivity contribution in [3.8, 4) is 0 Å². The average Bonchev–Trinajstić information content (AvgIpc) is 3.20. The van der Waals surface area contributed by atoms with E-state index in [1.54, 1.807) is 11.3 Å². The second-order valence-corrected chi connectivity index (χ2v) is 8.15. The minimum Gasteiger partial charge on any atom is -0.391 e. The molecule has 2 saturated carbocycles. The maximum atomic E-state index is 9.58. The fraction of sp³-hybridized carbons (Fsp3) is 0.824. The van der Waals surface area contributed by atoms with Gasteiger partial charge >= 0.3 is 0 Å². The smallest absolute Gasteiger partial charge is 0.185 e. The van der Waals surface area contributed by atoms with Gasteiger partial charge in [0.25, 0.3) is 0 Å². The van der Waals surface area contributed by atoms with Gasteiger partial charge in [-0.3, -0.25) is 0 Å². The summed E-state index contributed by atoms with van der Waals surface area (Å²) in [7, 11) is 2.17. The van der Waals surface area contributed by atoms with E-state index in [0.717, 1.165) is 46.4 Å². The molecule has 4 unspecified atom stereocenters. The van der Waals surface area contributed by atoms with E-state index in [2.05, 4.69) is 25.8 Å². The van der Waals surface area contributed by atoms with Crippen LogP contribution in [-0.2, 0) is 6.61 Å². The molecule has 2 aliphatic carbocycles. The lowest BCUT2D eigenvalue weighted by molar-refractivity contribution is 0.283. The van der Waals surface area contributed by atoms with Gasteiger partial charge in [0.1, 0.15) is 0 Å². The number of fused-ring (bicyclic) bond motifs is 2. The highest BCUT2D eigenvalue weighted by molar-refractivity contribution is 7.15. The van der Waals surface area contributed by atoms with Crippen molar-refractivity contribution in [3.63, 3.8) is 0 Å². The topological polar surface area (TPSA) is 36.4 Å². The number of aliphatic hydroxyl groups is 1. The van der Waals surface area contributed by atoms with Gasteiger partial charge in [0.2, 0.25) is 0 Å². The molecule has 4 atom stereocenters. The molecular weight excluding hydrogens is 280 g/mol. The van der Waals surface area contributed by atoms with E-state index in [1.807, 2.05) is 0 Å². The molecule has 4 heteroatoms. The molecular formula is C17H28N2OS. The zero-order chi connectivity index (χ0) is 15.0. The molecule has 1 aromatic rings. The molecule has 2 bridgehead atoms. The first-order valence-corrected chi connectivity index (χ1v) is 9.25. The SMILES string of the molecule is CCC(C)c1nc(N(C)CC2CC3CCC2C3)sc1CO. The van der Waals surface area contributed by atoms with Gasteiger partial charge in [-0.2, -0.15) is 0 Å². The summed E-state index contributed by atoms with van der Waals surface area (Å²) in [6, 6.07) is 0. The number of aromatic nitrogens is 1. The molecule has 1 heterocycles. The Hall–Kier alpha value is -0.610. The largest absolute Gasteiger partial charge is 0.391 e. The lowest BCUT2D eigenvalue weighted by Gasteiger charge is -2.26. The summed E-state index contributed by atoms with van der Waals surface area (Å²) in [5, 5.41) is 10.7. The van der Waals surface area contributed by atoms with Crippen LogP contribution < -0.4 is 4.90 Å². The van der Waals surface area contributed by atoms with Gasteiger partial charge in [-0.15, -0.1) is 0 Å². The molecule has 3 rings (SSSR count). The third-order valence-electron chi connectivity index (χ3n) is 5.66. The van der Waals surface area contributed by atoms with Crippen molar-refractivity contribution in [1.29, 1.82) is 0 Å². The van der Waals surface area contributed by atoms with Crippen LogP contribution >= 0.6 is 11.3 Å². The van der Waals surface area contributed by atoms with Gasteiger partial charge in [0.05, 0.1) is 17.2 Å². The van der Waals surface area contributed by atoms with E-state index in [-0.39, 0.29) is 6.61 Å². The fourth-order valence-electron chi connectivity index (χ4n) is 4.24. The molecule has 1 N–H and O–H groups in total. The molecule has 118 valence electrons. The average molecular weight is 308 g/mol. The summed E-state index contributed by atoms with van der Waals surface area (Å²) in [5.74, 6) is 3.27. The van der Waals surface area contributed by atoms with Crippen LogP contribution in [0, 0.1) is 17.8 Å². The van der Waals surface area contributed by atoms with Crippen LogP contribution in [0.25, 0.3) is 0 Å². The predicted octanol–water partition coefficient (Wildman–Crippen LogP) is 4.02. The fourth-order valence-corrected chi connectivity index (χ4v) is 5.25. The first-order valence-electron chi connectivity index (χ1n) is 8.43. The zero-order valence-electron chi connectivity index (χ0n) is 13.5. The summed E-state index contributed by atoms with van der Waals surface area (Å²) < 4.78 is 0. The van der Waals surface area contributed by atoms with Crippen molar-refractivity contribution in [3.05, 3.63) is 10.6 Å². The van der Waals surface area contributed by atoms with E-state index in [4.69, 9.17) is 4.98 Å². The molecule has 0 aliphatic heterocycles. The normalized spacial score (nSPS) is 29.0. The van der Waals surface area contributed by atoms with Crippen LogP contribution in [0.5, 0.6) is 0 Å². The molecule has 0 saturated heterocycles. The maximum Gasteiger partial charge on any atom is 0.185 e. The van der Waals surface area contributed by atoms with E-state index in [0.29, 0.717) is 5.92 Å². The highest BCUT2D eigenvalue weighted by Gasteiger charge is 2.39. The number of hydrogen-bond acceptors (Lipinski definition) is 4. The molecule has 1 aromatic heterocycles.